The molecule has 0 fully saturated rings. The van der Waals surface area contributed by atoms with Crippen molar-refractivity contribution in [2.45, 2.75) is 39.7 Å². The molecule has 120 valence electrons. The van der Waals surface area contributed by atoms with E-state index in [1.807, 2.05) is 25.1 Å². The zero-order valence-electron chi connectivity index (χ0n) is 13.2. The van der Waals surface area contributed by atoms with E-state index in [0.717, 1.165) is 42.0 Å². The predicted molar refractivity (Wildman–Crippen MR) is 84.1 cm³/mol. The van der Waals surface area contributed by atoms with Gasteiger partial charge in [-0.2, -0.15) is 4.98 Å². The fourth-order valence-electron chi connectivity index (χ4n) is 2.19. The Bertz CT molecular complexity index is 751. The number of aryl methyl sites for hydroxylation is 2. The van der Waals surface area contributed by atoms with E-state index in [2.05, 4.69) is 37.9 Å². The number of rotatable bonds is 7. The first kappa shape index (κ1) is 15.1. The lowest BCUT2D eigenvalue weighted by atomic mass is 10.2. The third-order valence-corrected chi connectivity index (χ3v) is 3.53. The molecule has 3 rings (SSSR count). The Labute approximate surface area is 133 Å². The molecule has 0 radical (unpaired) electrons. The summed E-state index contributed by atoms with van der Waals surface area (Å²) in [7, 11) is 0. The van der Waals surface area contributed by atoms with Crippen LogP contribution in [-0.4, -0.2) is 30.3 Å². The third kappa shape index (κ3) is 3.71. The van der Waals surface area contributed by atoms with Crippen LogP contribution >= 0.6 is 0 Å². The van der Waals surface area contributed by atoms with Gasteiger partial charge in [-0.25, -0.2) is 4.68 Å². The number of nitrogens with one attached hydrogen (secondary N) is 1. The van der Waals surface area contributed by atoms with Crippen LogP contribution in [0.3, 0.4) is 0 Å². The molecule has 0 unspecified atom stereocenters. The van der Waals surface area contributed by atoms with Crippen LogP contribution in [0, 0.1) is 6.92 Å². The molecule has 2 aromatic heterocycles. The lowest BCUT2D eigenvalue weighted by Crippen LogP contribution is -2.03. The second-order valence-corrected chi connectivity index (χ2v) is 5.32. The maximum Gasteiger partial charge on any atom is 0.245 e. The van der Waals surface area contributed by atoms with Gasteiger partial charge in [0, 0.05) is 12.1 Å². The van der Waals surface area contributed by atoms with Gasteiger partial charge in [0.05, 0.1) is 12.2 Å². The smallest absolute Gasteiger partial charge is 0.245 e. The monoisotopic (exact) mass is 313 g/mol. The normalized spacial score (nSPS) is 10.9. The van der Waals surface area contributed by atoms with Gasteiger partial charge in [-0.1, -0.05) is 24.6 Å². The average molecular weight is 313 g/mol. The minimum absolute atomic E-state index is 0.485. The Kier molecular flexibility index (Phi) is 4.60. The van der Waals surface area contributed by atoms with Crippen LogP contribution in [0.1, 0.15) is 37.0 Å². The maximum atomic E-state index is 5.26. The minimum Gasteiger partial charge on any atom is -0.376 e. The highest BCUT2D eigenvalue weighted by atomic mass is 16.5. The summed E-state index contributed by atoms with van der Waals surface area (Å²) in [5, 5.41) is 18.5. The van der Waals surface area contributed by atoms with Gasteiger partial charge in [0.15, 0.2) is 5.82 Å². The van der Waals surface area contributed by atoms with Crippen molar-refractivity contribution in [3.8, 4) is 5.69 Å². The first-order valence-corrected chi connectivity index (χ1v) is 7.65. The van der Waals surface area contributed by atoms with Gasteiger partial charge >= 0.3 is 0 Å². The van der Waals surface area contributed by atoms with Crippen LogP contribution in [0.2, 0.25) is 0 Å². The molecule has 0 spiro atoms. The zero-order chi connectivity index (χ0) is 16.1. The summed E-state index contributed by atoms with van der Waals surface area (Å²) >= 11 is 0. The molecule has 0 aliphatic carbocycles. The second-order valence-electron chi connectivity index (χ2n) is 5.32. The first-order valence-electron chi connectivity index (χ1n) is 7.65. The minimum atomic E-state index is 0.485. The van der Waals surface area contributed by atoms with Crippen molar-refractivity contribution in [2.75, 3.05) is 5.32 Å². The van der Waals surface area contributed by atoms with Gasteiger partial charge < -0.3 is 9.84 Å². The van der Waals surface area contributed by atoms with Crippen molar-refractivity contribution in [1.82, 2.24) is 30.3 Å². The summed E-state index contributed by atoms with van der Waals surface area (Å²) in [5.41, 5.74) is 2.98. The highest BCUT2D eigenvalue weighted by molar-refractivity contribution is 5.56. The second kappa shape index (κ2) is 6.99. The third-order valence-electron chi connectivity index (χ3n) is 3.53. The zero-order valence-corrected chi connectivity index (χ0v) is 13.2. The molecule has 0 amide bonds. The highest BCUT2D eigenvalue weighted by Crippen LogP contribution is 2.19. The first-order chi connectivity index (χ1) is 11.3. The van der Waals surface area contributed by atoms with Crippen LogP contribution in [0.4, 0.5) is 5.69 Å². The molecule has 0 bridgehead atoms. The quantitative estimate of drug-likeness (QED) is 0.715. The van der Waals surface area contributed by atoms with Gasteiger partial charge in [-0.3, -0.25) is 0 Å². The van der Waals surface area contributed by atoms with E-state index in [1.54, 1.807) is 11.0 Å². The Morgan fingerprint density at radius 1 is 1.30 bits per heavy atom. The van der Waals surface area contributed by atoms with Crippen molar-refractivity contribution < 1.29 is 4.52 Å². The molecule has 23 heavy (non-hydrogen) atoms. The molecule has 0 saturated heterocycles. The molecule has 1 aromatic carbocycles. The lowest BCUT2D eigenvalue weighted by molar-refractivity contribution is 0.377. The highest BCUT2D eigenvalue weighted by Gasteiger charge is 2.08. The van der Waals surface area contributed by atoms with E-state index in [4.69, 9.17) is 4.52 Å². The molecule has 3 aromatic rings. The Balaban J connectivity index is 1.68. The summed E-state index contributed by atoms with van der Waals surface area (Å²) in [5.74, 6) is 1.35. The molecular formula is C15H19N7O. The van der Waals surface area contributed by atoms with E-state index in [1.165, 1.54) is 0 Å². The Hall–Kier alpha value is -2.77. The molecule has 0 atom stereocenters. The molecule has 0 aliphatic heterocycles. The molecular weight excluding hydrogens is 294 g/mol. The molecule has 8 nitrogen and oxygen atoms in total. The van der Waals surface area contributed by atoms with Crippen LogP contribution in [0.15, 0.2) is 29.0 Å². The van der Waals surface area contributed by atoms with Crippen molar-refractivity contribution in [2.24, 2.45) is 0 Å². The maximum absolute atomic E-state index is 5.26. The Morgan fingerprint density at radius 2 is 2.22 bits per heavy atom. The molecule has 8 heteroatoms. The van der Waals surface area contributed by atoms with Gasteiger partial charge in [-0.15, -0.1) is 5.10 Å². The van der Waals surface area contributed by atoms with Crippen molar-refractivity contribution in [3.63, 3.8) is 0 Å². The van der Waals surface area contributed by atoms with Crippen molar-refractivity contribution in [3.05, 3.63) is 41.8 Å². The topological polar surface area (TPSA) is 94.6 Å². The van der Waals surface area contributed by atoms with Gasteiger partial charge in [0.1, 0.15) is 6.33 Å². The number of benzene rings is 1. The van der Waals surface area contributed by atoms with E-state index < -0.39 is 0 Å². The van der Waals surface area contributed by atoms with Crippen LogP contribution in [-0.2, 0) is 13.0 Å². The average Bonchev–Trinajstić information content (AvgIpc) is 3.24. The number of hydrogen-bond donors (Lipinski definition) is 1. The largest absolute Gasteiger partial charge is 0.376 e. The standard InChI is InChI=1S/C15H19N7O/c1-3-4-5-14-18-15(23-19-14)9-16-13-8-12(7-6-11(13)2)22-10-17-20-21-22/h6-8,10,16H,3-5,9H2,1-2H3. The van der Waals surface area contributed by atoms with Crippen LogP contribution in [0.25, 0.3) is 5.69 Å². The molecule has 1 N–H and O–H groups in total. The summed E-state index contributed by atoms with van der Waals surface area (Å²) in [4.78, 5) is 4.39. The fraction of sp³-hybridized carbons (Fsp3) is 0.400. The number of nitrogens with zero attached hydrogens (tertiary/aromatic N) is 6. The number of hydrogen-bond acceptors (Lipinski definition) is 7. The van der Waals surface area contributed by atoms with Gasteiger partial charge in [0.25, 0.3) is 0 Å². The number of aromatic nitrogens is 6. The number of tetrazole rings is 1. The summed E-state index contributed by atoms with van der Waals surface area (Å²) in [6, 6.07) is 5.96. The predicted octanol–water partition coefficient (Wildman–Crippen LogP) is 2.31. The molecule has 2 heterocycles. The fourth-order valence-corrected chi connectivity index (χ4v) is 2.19. The van der Waals surface area contributed by atoms with Gasteiger partial charge in [-0.05, 0) is 41.5 Å². The molecule has 0 aliphatic rings. The molecule has 0 saturated carbocycles. The summed E-state index contributed by atoms with van der Waals surface area (Å²) < 4.78 is 6.88. The summed E-state index contributed by atoms with van der Waals surface area (Å²) in [6.07, 6.45) is 4.60. The van der Waals surface area contributed by atoms with Crippen LogP contribution in [0.5, 0.6) is 0 Å². The van der Waals surface area contributed by atoms with E-state index in [-0.39, 0.29) is 0 Å². The van der Waals surface area contributed by atoms with E-state index >= 15 is 0 Å². The van der Waals surface area contributed by atoms with E-state index in [0.29, 0.717) is 12.4 Å². The Morgan fingerprint density at radius 3 is 3.00 bits per heavy atom. The van der Waals surface area contributed by atoms with Crippen LogP contribution < -0.4 is 5.32 Å². The number of unbranched alkanes of at least 4 members (excludes halogenated alkanes) is 1. The van der Waals surface area contributed by atoms with Crippen molar-refractivity contribution in [1.29, 1.82) is 0 Å². The number of anilines is 1. The SMILES string of the molecule is CCCCc1noc(CNc2cc(-n3cnnn3)ccc2C)n1. The van der Waals surface area contributed by atoms with Crippen molar-refractivity contribution >= 4 is 5.69 Å². The van der Waals surface area contributed by atoms with E-state index in [9.17, 15) is 0 Å². The lowest BCUT2D eigenvalue weighted by Gasteiger charge is -2.09. The summed E-state index contributed by atoms with van der Waals surface area (Å²) in [6.45, 7) is 4.66. The van der Waals surface area contributed by atoms with Gasteiger partial charge in [0.2, 0.25) is 5.89 Å².